The van der Waals surface area contributed by atoms with Crippen molar-refractivity contribution in [3.8, 4) is 11.5 Å². The van der Waals surface area contributed by atoms with Gasteiger partial charge in [0.15, 0.2) is 23.1 Å². The van der Waals surface area contributed by atoms with E-state index in [-0.39, 0.29) is 5.39 Å². The summed E-state index contributed by atoms with van der Waals surface area (Å²) in [5.41, 5.74) is 0. The topological polar surface area (TPSA) is 29.5 Å². The predicted octanol–water partition coefficient (Wildman–Crippen LogP) is 3.72. The van der Waals surface area contributed by atoms with Crippen molar-refractivity contribution in [2.24, 2.45) is 0 Å². The summed E-state index contributed by atoms with van der Waals surface area (Å²) in [6, 6.07) is 3.90. The van der Waals surface area contributed by atoms with E-state index in [0.29, 0.717) is 0 Å². The third kappa shape index (κ3) is 2.15. The molecule has 96 valence electrons. The Balaban J connectivity index is 2.77. The average molecular weight is 264 g/mol. The molecule has 0 fully saturated rings. The molecular weight excluding hydrogens is 259 g/mol. The fourth-order valence-corrected chi connectivity index (χ4v) is 1.53. The Morgan fingerprint density at radius 2 is 1.61 bits per heavy atom. The second-order valence-corrected chi connectivity index (χ2v) is 3.42. The van der Waals surface area contributed by atoms with Crippen LogP contribution in [0.3, 0.4) is 0 Å². The Hall–Kier alpha value is -2.05. The van der Waals surface area contributed by atoms with E-state index >= 15 is 0 Å². The lowest BCUT2D eigenvalue weighted by Crippen LogP contribution is -2.17. The van der Waals surface area contributed by atoms with Crippen molar-refractivity contribution in [3.63, 3.8) is 0 Å². The second kappa shape index (κ2) is 4.01. The largest absolute Gasteiger partial charge is 0.573 e. The van der Waals surface area contributed by atoms with E-state index in [1.165, 1.54) is 0 Å². The van der Waals surface area contributed by atoms with E-state index in [4.69, 9.17) is 0 Å². The second-order valence-electron chi connectivity index (χ2n) is 3.42. The van der Waals surface area contributed by atoms with Crippen LogP contribution in [0.2, 0.25) is 0 Å². The number of aromatic hydroxyl groups is 1. The maximum absolute atomic E-state index is 13.5. The van der Waals surface area contributed by atoms with Gasteiger partial charge in [-0.25, -0.2) is 8.78 Å². The molecule has 0 aromatic heterocycles. The number of hydrogen-bond acceptors (Lipinski definition) is 2. The molecular formula is C11H5F5O2. The lowest BCUT2D eigenvalue weighted by molar-refractivity contribution is -0.274. The number of benzene rings is 2. The summed E-state index contributed by atoms with van der Waals surface area (Å²) in [5.74, 6) is -4.93. The number of ether oxygens (including phenoxy) is 1. The molecule has 0 aliphatic carbocycles. The molecule has 7 heteroatoms. The zero-order chi connectivity index (χ0) is 13.5. The molecule has 0 unspecified atom stereocenters. The van der Waals surface area contributed by atoms with Gasteiger partial charge in [0, 0.05) is 0 Å². The molecule has 0 saturated heterocycles. The Morgan fingerprint density at radius 3 is 2.22 bits per heavy atom. The van der Waals surface area contributed by atoms with Gasteiger partial charge in [0.05, 0.1) is 5.39 Å². The highest BCUT2D eigenvalue weighted by Crippen LogP contribution is 2.39. The van der Waals surface area contributed by atoms with Gasteiger partial charge in [-0.3, -0.25) is 0 Å². The van der Waals surface area contributed by atoms with E-state index < -0.39 is 34.9 Å². The fourth-order valence-electron chi connectivity index (χ4n) is 1.53. The molecule has 0 spiro atoms. The maximum atomic E-state index is 13.5. The van der Waals surface area contributed by atoms with Crippen LogP contribution in [0, 0.1) is 11.6 Å². The van der Waals surface area contributed by atoms with Crippen LogP contribution in [-0.2, 0) is 0 Å². The van der Waals surface area contributed by atoms with E-state index in [1.807, 2.05) is 0 Å². The van der Waals surface area contributed by atoms with E-state index in [2.05, 4.69) is 4.74 Å². The molecule has 0 heterocycles. The summed E-state index contributed by atoms with van der Waals surface area (Å²) in [7, 11) is 0. The minimum absolute atomic E-state index is 0.0223. The van der Waals surface area contributed by atoms with Gasteiger partial charge in [0.2, 0.25) is 0 Å². The fraction of sp³-hybridized carbons (Fsp3) is 0.0909. The maximum Gasteiger partial charge on any atom is 0.573 e. The summed E-state index contributed by atoms with van der Waals surface area (Å²) >= 11 is 0. The van der Waals surface area contributed by atoms with Gasteiger partial charge < -0.3 is 9.84 Å². The molecule has 0 bridgehead atoms. The average Bonchev–Trinajstić information content (AvgIpc) is 2.25. The Kier molecular flexibility index (Phi) is 2.76. The zero-order valence-corrected chi connectivity index (χ0v) is 8.55. The van der Waals surface area contributed by atoms with Crippen molar-refractivity contribution in [2.45, 2.75) is 6.36 Å². The number of halogens is 5. The number of fused-ring (bicyclic) bond motifs is 1. The Morgan fingerprint density at radius 1 is 1.00 bits per heavy atom. The van der Waals surface area contributed by atoms with Gasteiger partial charge in [0.25, 0.3) is 0 Å². The molecule has 2 rings (SSSR count). The van der Waals surface area contributed by atoms with Crippen LogP contribution < -0.4 is 4.74 Å². The van der Waals surface area contributed by atoms with Crippen LogP contribution in [0.25, 0.3) is 10.8 Å². The first kappa shape index (κ1) is 12.4. The lowest BCUT2D eigenvalue weighted by atomic mass is 10.1. The van der Waals surface area contributed by atoms with Crippen molar-refractivity contribution >= 4 is 10.8 Å². The molecule has 0 radical (unpaired) electrons. The van der Waals surface area contributed by atoms with Crippen LogP contribution in [-0.4, -0.2) is 11.5 Å². The normalized spacial score (nSPS) is 11.8. The van der Waals surface area contributed by atoms with E-state index in [0.717, 1.165) is 24.3 Å². The van der Waals surface area contributed by atoms with Crippen LogP contribution in [0.4, 0.5) is 22.0 Å². The van der Waals surface area contributed by atoms with Gasteiger partial charge in [0.1, 0.15) is 0 Å². The lowest BCUT2D eigenvalue weighted by Gasteiger charge is -2.13. The molecule has 1 N–H and O–H groups in total. The third-order valence-corrected chi connectivity index (χ3v) is 2.23. The number of hydrogen-bond donors (Lipinski definition) is 1. The number of rotatable bonds is 1. The predicted molar refractivity (Wildman–Crippen MR) is 52.2 cm³/mol. The van der Waals surface area contributed by atoms with Crippen LogP contribution in [0.5, 0.6) is 11.5 Å². The van der Waals surface area contributed by atoms with Crippen molar-refractivity contribution in [3.05, 3.63) is 35.9 Å². The summed E-state index contributed by atoms with van der Waals surface area (Å²) in [4.78, 5) is 0. The van der Waals surface area contributed by atoms with Crippen LogP contribution >= 0.6 is 0 Å². The number of alkyl halides is 3. The molecule has 2 nitrogen and oxygen atoms in total. The minimum atomic E-state index is -5.12. The van der Waals surface area contributed by atoms with E-state index in [1.54, 1.807) is 0 Å². The van der Waals surface area contributed by atoms with Gasteiger partial charge in [-0.05, 0) is 17.5 Å². The molecule has 0 amide bonds. The first-order chi connectivity index (χ1) is 8.29. The van der Waals surface area contributed by atoms with Crippen molar-refractivity contribution in [1.29, 1.82) is 0 Å². The molecule has 0 saturated carbocycles. The third-order valence-electron chi connectivity index (χ3n) is 2.23. The molecule has 0 atom stereocenters. The van der Waals surface area contributed by atoms with E-state index in [9.17, 15) is 27.1 Å². The standard InChI is InChI=1S/C11H5F5O2/c12-6-3-1-5-2-4-7(17)10(8(5)9(6)13)18-11(14,15)16/h1-4,17H. The Bertz CT molecular complexity index is 601. The molecule has 2 aromatic rings. The first-order valence-electron chi connectivity index (χ1n) is 4.65. The Labute approximate surface area is 97.2 Å². The highest BCUT2D eigenvalue weighted by molar-refractivity contribution is 5.91. The first-order valence-corrected chi connectivity index (χ1v) is 4.65. The molecule has 18 heavy (non-hydrogen) atoms. The van der Waals surface area contributed by atoms with Gasteiger partial charge in [-0.1, -0.05) is 12.1 Å². The summed E-state index contributed by atoms with van der Waals surface area (Å²) in [6.07, 6.45) is -5.12. The van der Waals surface area contributed by atoms with Gasteiger partial charge in [-0.15, -0.1) is 13.2 Å². The highest BCUT2D eigenvalue weighted by Gasteiger charge is 2.34. The molecule has 2 aromatic carbocycles. The number of phenols is 1. The molecule has 0 aliphatic heterocycles. The monoisotopic (exact) mass is 264 g/mol. The van der Waals surface area contributed by atoms with Gasteiger partial charge >= 0.3 is 6.36 Å². The smallest absolute Gasteiger partial charge is 0.504 e. The van der Waals surface area contributed by atoms with Gasteiger partial charge in [-0.2, -0.15) is 0 Å². The van der Waals surface area contributed by atoms with Crippen molar-refractivity contribution in [1.82, 2.24) is 0 Å². The zero-order valence-electron chi connectivity index (χ0n) is 8.55. The molecule has 0 aliphatic rings. The quantitative estimate of drug-likeness (QED) is 0.795. The summed E-state index contributed by atoms with van der Waals surface area (Å²) in [6.45, 7) is 0. The highest BCUT2D eigenvalue weighted by atomic mass is 19.4. The summed E-state index contributed by atoms with van der Waals surface area (Å²) < 4.78 is 66.4. The SMILES string of the molecule is Oc1ccc2ccc(F)c(F)c2c1OC(F)(F)F. The van der Waals surface area contributed by atoms with Crippen LogP contribution in [0.15, 0.2) is 24.3 Å². The van der Waals surface area contributed by atoms with Crippen molar-refractivity contribution < 1.29 is 31.8 Å². The van der Waals surface area contributed by atoms with Crippen LogP contribution in [0.1, 0.15) is 0 Å². The number of phenolic OH excluding ortho intramolecular Hbond substituents is 1. The minimum Gasteiger partial charge on any atom is -0.504 e. The summed E-state index contributed by atoms with van der Waals surface area (Å²) in [5, 5.41) is 8.49. The van der Waals surface area contributed by atoms with Crippen molar-refractivity contribution in [2.75, 3.05) is 0 Å².